The van der Waals surface area contributed by atoms with Crippen molar-refractivity contribution in [2.75, 3.05) is 0 Å². The molecule has 0 spiro atoms. The van der Waals surface area contributed by atoms with Gasteiger partial charge in [-0.05, 0) is 47.9 Å². The van der Waals surface area contributed by atoms with Gasteiger partial charge >= 0.3 is 0 Å². The second-order valence-corrected chi connectivity index (χ2v) is 9.74. The molecule has 0 aliphatic heterocycles. The Balaban J connectivity index is 2.17. The first-order valence-corrected chi connectivity index (χ1v) is 12.3. The highest BCUT2D eigenvalue weighted by Gasteiger charge is 2.08. The summed E-state index contributed by atoms with van der Waals surface area (Å²) in [7, 11) is -0.515. The van der Waals surface area contributed by atoms with Crippen molar-refractivity contribution in [2.45, 2.75) is 65.5 Å². The van der Waals surface area contributed by atoms with Crippen LogP contribution in [0, 0.1) is 0 Å². The lowest BCUT2D eigenvalue weighted by atomic mass is 10.0. The fourth-order valence-corrected chi connectivity index (χ4v) is 4.28. The summed E-state index contributed by atoms with van der Waals surface area (Å²) in [4.78, 5) is 0. The summed E-state index contributed by atoms with van der Waals surface area (Å²) in [5, 5.41) is 1.52. The van der Waals surface area contributed by atoms with Crippen molar-refractivity contribution >= 4 is 20.1 Å². The van der Waals surface area contributed by atoms with Crippen molar-refractivity contribution < 1.29 is 0 Å². The first-order valence-electron chi connectivity index (χ1n) is 9.84. The third kappa shape index (κ3) is 6.32. The van der Waals surface area contributed by atoms with Gasteiger partial charge in [0.25, 0.3) is 0 Å². The van der Waals surface area contributed by atoms with Crippen LogP contribution in [0.25, 0.3) is 11.3 Å². The van der Waals surface area contributed by atoms with Crippen LogP contribution >= 0.6 is 0 Å². The predicted molar refractivity (Wildman–Crippen MR) is 115 cm³/mol. The van der Waals surface area contributed by atoms with E-state index < -0.39 is 8.80 Å². The van der Waals surface area contributed by atoms with E-state index >= 15 is 0 Å². The number of hydrogen-bond acceptors (Lipinski definition) is 0. The summed E-state index contributed by atoms with van der Waals surface area (Å²) in [6.45, 7) is 9.28. The molecule has 0 atom stereocenters. The highest BCUT2D eigenvalue weighted by Crippen LogP contribution is 2.23. The lowest BCUT2D eigenvalue weighted by Crippen LogP contribution is -2.05. The normalized spacial score (nSPS) is 12.0. The zero-order chi connectivity index (χ0) is 18.1. The molecule has 1 heteroatoms. The Hall–Kier alpha value is -1.60. The molecule has 0 saturated carbocycles. The van der Waals surface area contributed by atoms with E-state index in [9.17, 15) is 0 Å². The van der Waals surface area contributed by atoms with Crippen molar-refractivity contribution in [1.29, 1.82) is 0 Å². The largest absolute Gasteiger partial charge is 0.0799 e. The molecule has 2 rings (SSSR count). The van der Waals surface area contributed by atoms with Gasteiger partial charge in [-0.3, -0.25) is 0 Å². The van der Waals surface area contributed by atoms with Gasteiger partial charge in [0, 0.05) is 0 Å². The van der Waals surface area contributed by atoms with E-state index in [1.807, 2.05) is 0 Å². The van der Waals surface area contributed by atoms with Crippen LogP contribution in [-0.2, 0) is 12.8 Å². The van der Waals surface area contributed by atoms with Gasteiger partial charge in [-0.1, -0.05) is 99.6 Å². The lowest BCUT2D eigenvalue weighted by molar-refractivity contribution is 0.795. The van der Waals surface area contributed by atoms with E-state index in [2.05, 4.69) is 81.5 Å². The third-order valence-corrected chi connectivity index (χ3v) is 6.24. The molecule has 0 nitrogen and oxygen atoms in total. The Labute approximate surface area is 156 Å². The predicted octanol–water partition coefficient (Wildman–Crippen LogP) is 7.21. The monoisotopic (exact) mass is 349 g/mol. The minimum absolute atomic E-state index is 0.515. The summed E-state index contributed by atoms with van der Waals surface area (Å²) in [5.74, 6) is 0. The molecule has 0 amide bonds. The topological polar surface area (TPSA) is 0 Å². The molecule has 133 valence electrons. The van der Waals surface area contributed by atoms with Crippen molar-refractivity contribution in [3.63, 3.8) is 0 Å². The quantitative estimate of drug-likeness (QED) is 0.331. The van der Waals surface area contributed by atoms with Crippen molar-refractivity contribution in [3.8, 4) is 0 Å². The van der Waals surface area contributed by atoms with Crippen molar-refractivity contribution in [1.82, 2.24) is 0 Å². The smallest absolute Gasteiger partial charge is 0.0671 e. The summed E-state index contributed by atoms with van der Waals surface area (Å²) >= 11 is 0. The highest BCUT2D eigenvalue weighted by molar-refractivity contribution is 6.78. The zero-order valence-electron chi connectivity index (χ0n) is 16.4. The van der Waals surface area contributed by atoms with Gasteiger partial charge < -0.3 is 0 Å². The first-order chi connectivity index (χ1) is 12.1. The fourth-order valence-electron chi connectivity index (χ4n) is 3.08. The zero-order valence-corrected chi connectivity index (χ0v) is 17.4. The minimum atomic E-state index is -0.515. The minimum Gasteiger partial charge on any atom is -0.0671 e. The van der Waals surface area contributed by atoms with Gasteiger partial charge in [-0.2, -0.15) is 0 Å². The van der Waals surface area contributed by atoms with Crippen LogP contribution in [0.3, 0.4) is 0 Å². The maximum absolute atomic E-state index is 2.40. The van der Waals surface area contributed by atoms with Gasteiger partial charge in [-0.15, -0.1) is 0 Å². The summed E-state index contributed by atoms with van der Waals surface area (Å²) in [6, 6.07) is 18.4. The molecule has 0 bridgehead atoms. The van der Waals surface area contributed by atoms with E-state index in [1.165, 1.54) is 66.0 Å². The Morgan fingerprint density at radius 3 is 1.68 bits per heavy atom. The van der Waals surface area contributed by atoms with Crippen LogP contribution in [0.2, 0.25) is 13.1 Å². The summed E-state index contributed by atoms with van der Waals surface area (Å²) < 4.78 is 0. The average Bonchev–Trinajstić information content (AvgIpc) is 2.64. The summed E-state index contributed by atoms with van der Waals surface area (Å²) in [6.07, 6.45) is 9.88. The third-order valence-electron chi connectivity index (χ3n) is 4.73. The molecule has 0 saturated heterocycles. The molecule has 0 N–H and O–H groups in total. The van der Waals surface area contributed by atoms with E-state index in [-0.39, 0.29) is 0 Å². The molecule has 2 aromatic carbocycles. The average molecular weight is 350 g/mol. The molecule has 0 aromatic heterocycles. The molecule has 0 heterocycles. The number of benzene rings is 2. The maximum atomic E-state index is 2.40. The van der Waals surface area contributed by atoms with Gasteiger partial charge in [-0.25, -0.2) is 0 Å². The van der Waals surface area contributed by atoms with Crippen LogP contribution in [0.4, 0.5) is 0 Å². The molecule has 25 heavy (non-hydrogen) atoms. The van der Waals surface area contributed by atoms with E-state index in [0.29, 0.717) is 0 Å². The van der Waals surface area contributed by atoms with Gasteiger partial charge in [0.2, 0.25) is 0 Å². The molecular weight excluding hydrogens is 316 g/mol. The molecule has 0 aliphatic rings. The van der Waals surface area contributed by atoms with Crippen LogP contribution in [0.1, 0.15) is 61.8 Å². The van der Waals surface area contributed by atoms with Crippen LogP contribution in [0.15, 0.2) is 48.5 Å². The molecular formula is C24H33Si. The van der Waals surface area contributed by atoms with E-state index in [4.69, 9.17) is 0 Å². The molecule has 0 aliphatic carbocycles. The fraction of sp³-hybridized carbons (Fsp3) is 0.417. The van der Waals surface area contributed by atoms with Crippen LogP contribution < -0.4 is 0 Å². The first kappa shape index (κ1) is 19.7. The molecule has 1 radical (unpaired) electrons. The molecule has 0 fully saturated rings. The number of rotatable bonds is 9. The van der Waals surface area contributed by atoms with Crippen molar-refractivity contribution in [3.05, 3.63) is 70.8 Å². The van der Waals surface area contributed by atoms with Crippen LogP contribution in [0.5, 0.6) is 0 Å². The van der Waals surface area contributed by atoms with E-state index in [1.54, 1.807) is 0 Å². The SMILES string of the molecule is CCCCc1ccc(/C=C(\c2ccc(CCCC)cc2)[Si](C)C)cc1. The second-order valence-electron chi connectivity index (χ2n) is 7.20. The standard InChI is InChI=1S/C24H33Si/c1-5-7-9-20-11-13-22(14-12-20)19-24(25(3)4)23-17-15-21(16-18-23)10-8-6-2/h11-19H,5-10H2,1-4H3/b24-19+. The van der Waals surface area contributed by atoms with Gasteiger partial charge in [0.15, 0.2) is 0 Å². The Morgan fingerprint density at radius 1 is 0.760 bits per heavy atom. The Bertz CT molecular complexity index is 647. The maximum Gasteiger partial charge on any atom is 0.0799 e. The van der Waals surface area contributed by atoms with Crippen molar-refractivity contribution in [2.24, 2.45) is 0 Å². The highest BCUT2D eigenvalue weighted by atomic mass is 28.3. The number of aryl methyl sites for hydroxylation is 2. The van der Waals surface area contributed by atoms with E-state index in [0.717, 1.165) is 0 Å². The second kappa shape index (κ2) is 10.4. The molecule has 2 aromatic rings. The Morgan fingerprint density at radius 2 is 1.24 bits per heavy atom. The molecule has 0 unspecified atom stereocenters. The number of unbranched alkanes of at least 4 members (excludes halogenated alkanes) is 2. The Kier molecular flexibility index (Phi) is 8.20. The summed E-state index contributed by atoms with van der Waals surface area (Å²) in [5.41, 5.74) is 5.65. The number of hydrogen-bond donors (Lipinski definition) is 0. The van der Waals surface area contributed by atoms with Crippen LogP contribution in [-0.4, -0.2) is 8.80 Å². The lowest BCUT2D eigenvalue weighted by Gasteiger charge is -2.12. The van der Waals surface area contributed by atoms with Gasteiger partial charge in [0.1, 0.15) is 0 Å². The van der Waals surface area contributed by atoms with Gasteiger partial charge in [0.05, 0.1) is 8.80 Å².